The predicted molar refractivity (Wildman–Crippen MR) is 50.7 cm³/mol. The molecule has 0 saturated heterocycles. The minimum absolute atomic E-state index is 0.0946. The molecule has 13 heavy (non-hydrogen) atoms. The lowest BCUT2D eigenvalue weighted by Crippen LogP contribution is -2.28. The maximum absolute atomic E-state index is 11.0. The SMILES string of the molecule is [O-][n+]1ccccc1OC/C(Cl)=C/Cl. The first-order valence-electron chi connectivity index (χ1n) is 3.50. The van der Waals surface area contributed by atoms with Crippen LogP contribution in [0.3, 0.4) is 0 Å². The van der Waals surface area contributed by atoms with Crippen molar-refractivity contribution in [1.29, 1.82) is 0 Å². The van der Waals surface area contributed by atoms with E-state index in [0.717, 1.165) is 0 Å². The Labute approximate surface area is 85.7 Å². The van der Waals surface area contributed by atoms with E-state index in [4.69, 9.17) is 27.9 Å². The maximum Gasteiger partial charge on any atom is 0.379 e. The van der Waals surface area contributed by atoms with Gasteiger partial charge in [0, 0.05) is 11.6 Å². The summed E-state index contributed by atoms with van der Waals surface area (Å²) in [5, 5.41) is 11.4. The normalized spacial score (nSPS) is 11.4. The highest BCUT2D eigenvalue weighted by atomic mass is 35.5. The molecule has 0 aliphatic carbocycles. The van der Waals surface area contributed by atoms with Crippen molar-refractivity contribution in [2.24, 2.45) is 0 Å². The number of ether oxygens (including phenoxy) is 1. The smallest absolute Gasteiger partial charge is 0.379 e. The summed E-state index contributed by atoms with van der Waals surface area (Å²) >= 11 is 10.9. The van der Waals surface area contributed by atoms with Crippen molar-refractivity contribution in [3.63, 3.8) is 0 Å². The van der Waals surface area contributed by atoms with Crippen LogP contribution in [-0.4, -0.2) is 6.61 Å². The molecule has 1 aromatic rings. The lowest BCUT2D eigenvalue weighted by molar-refractivity contribution is -0.612. The molecule has 70 valence electrons. The minimum atomic E-state index is 0.0946. The molecule has 0 fully saturated rings. The van der Waals surface area contributed by atoms with Gasteiger partial charge in [0.15, 0.2) is 6.20 Å². The number of halogens is 2. The maximum atomic E-state index is 11.0. The summed E-state index contributed by atoms with van der Waals surface area (Å²) in [5.41, 5.74) is 1.19. The van der Waals surface area contributed by atoms with Crippen LogP contribution in [0.5, 0.6) is 5.88 Å². The van der Waals surface area contributed by atoms with Crippen molar-refractivity contribution in [3.05, 3.63) is 40.2 Å². The minimum Gasteiger partial charge on any atom is -0.616 e. The Morgan fingerprint density at radius 1 is 1.62 bits per heavy atom. The molecule has 0 saturated carbocycles. The van der Waals surface area contributed by atoms with Crippen LogP contribution in [0.4, 0.5) is 0 Å². The van der Waals surface area contributed by atoms with Crippen LogP contribution in [0.2, 0.25) is 0 Å². The highest BCUT2D eigenvalue weighted by Crippen LogP contribution is 2.07. The van der Waals surface area contributed by atoms with Gasteiger partial charge < -0.3 is 9.94 Å². The molecule has 0 atom stereocenters. The molecular weight excluding hydrogens is 213 g/mol. The standard InChI is InChI=1S/C8H7Cl2NO2/c9-5-7(10)6-13-8-3-1-2-4-11(8)12/h1-5H,6H2/b7-5-. The third-order valence-electron chi connectivity index (χ3n) is 1.26. The third kappa shape index (κ3) is 3.13. The second kappa shape index (κ2) is 4.94. The zero-order valence-electron chi connectivity index (χ0n) is 6.61. The van der Waals surface area contributed by atoms with E-state index in [1.165, 1.54) is 11.7 Å². The zero-order chi connectivity index (χ0) is 9.68. The Balaban J connectivity index is 2.60. The molecule has 0 aliphatic rings. The summed E-state index contributed by atoms with van der Waals surface area (Å²) in [6, 6.07) is 4.85. The van der Waals surface area contributed by atoms with Gasteiger partial charge in [-0.3, -0.25) is 0 Å². The fourth-order valence-electron chi connectivity index (χ4n) is 0.699. The second-order valence-corrected chi connectivity index (χ2v) is 2.91. The van der Waals surface area contributed by atoms with E-state index in [1.54, 1.807) is 18.2 Å². The van der Waals surface area contributed by atoms with Crippen molar-refractivity contribution < 1.29 is 9.47 Å². The molecule has 0 aliphatic heterocycles. The molecule has 0 unspecified atom stereocenters. The summed E-state index contributed by atoms with van der Waals surface area (Å²) in [6.07, 6.45) is 1.34. The first-order valence-corrected chi connectivity index (χ1v) is 4.31. The Hall–Kier alpha value is -0.930. The number of rotatable bonds is 3. The third-order valence-corrected chi connectivity index (χ3v) is 1.86. The predicted octanol–water partition coefficient (Wildman–Crippen LogP) is 2.02. The van der Waals surface area contributed by atoms with Gasteiger partial charge in [0.1, 0.15) is 6.61 Å². The fraction of sp³-hybridized carbons (Fsp3) is 0.125. The molecule has 1 rings (SSSR count). The number of nitrogens with zero attached hydrogens (tertiary/aromatic N) is 1. The lowest BCUT2D eigenvalue weighted by atomic mass is 10.5. The van der Waals surface area contributed by atoms with Crippen molar-refractivity contribution >= 4 is 23.2 Å². The summed E-state index contributed by atoms with van der Waals surface area (Å²) in [6.45, 7) is 0.0946. The molecule has 5 heteroatoms. The Bertz CT molecular complexity index is 315. The van der Waals surface area contributed by atoms with Gasteiger partial charge in [0.2, 0.25) is 0 Å². The lowest BCUT2D eigenvalue weighted by Gasteiger charge is -2.04. The highest BCUT2D eigenvalue weighted by molar-refractivity contribution is 6.36. The molecule has 0 bridgehead atoms. The molecule has 0 amide bonds. The monoisotopic (exact) mass is 219 g/mol. The van der Waals surface area contributed by atoms with Crippen molar-refractivity contribution in [2.75, 3.05) is 6.61 Å². The molecular formula is C8H7Cl2NO2. The van der Waals surface area contributed by atoms with Gasteiger partial charge in [-0.2, -0.15) is 0 Å². The van der Waals surface area contributed by atoms with Crippen LogP contribution in [-0.2, 0) is 0 Å². The topological polar surface area (TPSA) is 36.2 Å². The van der Waals surface area contributed by atoms with Gasteiger partial charge in [-0.05, 0) is 6.07 Å². The van der Waals surface area contributed by atoms with Gasteiger partial charge >= 0.3 is 5.88 Å². The van der Waals surface area contributed by atoms with Crippen LogP contribution < -0.4 is 9.47 Å². The van der Waals surface area contributed by atoms with E-state index in [9.17, 15) is 5.21 Å². The summed E-state index contributed by atoms with van der Waals surface area (Å²) < 4.78 is 5.66. The van der Waals surface area contributed by atoms with E-state index in [1.807, 2.05) is 0 Å². The second-order valence-electron chi connectivity index (χ2n) is 2.21. The first-order chi connectivity index (χ1) is 6.24. The molecule has 1 aromatic heterocycles. The van der Waals surface area contributed by atoms with E-state index in [0.29, 0.717) is 9.76 Å². The number of hydrogen-bond donors (Lipinski definition) is 0. The van der Waals surface area contributed by atoms with Crippen molar-refractivity contribution in [3.8, 4) is 5.88 Å². The average molecular weight is 220 g/mol. The Morgan fingerprint density at radius 2 is 2.38 bits per heavy atom. The Kier molecular flexibility index (Phi) is 3.86. The Morgan fingerprint density at radius 3 is 3.00 bits per heavy atom. The van der Waals surface area contributed by atoms with E-state index >= 15 is 0 Å². The largest absolute Gasteiger partial charge is 0.616 e. The molecule has 0 spiro atoms. The van der Waals surface area contributed by atoms with Gasteiger partial charge in [0.25, 0.3) is 0 Å². The van der Waals surface area contributed by atoms with Crippen molar-refractivity contribution in [2.45, 2.75) is 0 Å². The van der Waals surface area contributed by atoms with Crippen molar-refractivity contribution in [1.82, 2.24) is 0 Å². The van der Waals surface area contributed by atoms with Gasteiger partial charge in [-0.15, -0.1) is 4.73 Å². The van der Waals surface area contributed by atoms with Gasteiger partial charge in [0.05, 0.1) is 11.1 Å². The van der Waals surface area contributed by atoms with Crippen LogP contribution in [0.1, 0.15) is 0 Å². The van der Waals surface area contributed by atoms with Crippen LogP contribution in [0.15, 0.2) is 35.0 Å². The number of hydrogen-bond acceptors (Lipinski definition) is 2. The molecule has 3 nitrogen and oxygen atoms in total. The summed E-state index contributed by atoms with van der Waals surface area (Å²) in [5.74, 6) is 0.194. The van der Waals surface area contributed by atoms with Crippen LogP contribution in [0.25, 0.3) is 0 Å². The quantitative estimate of drug-likeness (QED) is 0.577. The molecule has 1 heterocycles. The van der Waals surface area contributed by atoms with E-state index in [2.05, 4.69) is 0 Å². The first kappa shape index (κ1) is 10.2. The molecule has 0 radical (unpaired) electrons. The van der Waals surface area contributed by atoms with Gasteiger partial charge in [-0.25, -0.2) is 0 Å². The fourth-order valence-corrected chi connectivity index (χ4v) is 0.816. The van der Waals surface area contributed by atoms with E-state index in [-0.39, 0.29) is 12.5 Å². The van der Waals surface area contributed by atoms with Crippen LogP contribution >= 0.6 is 23.2 Å². The number of pyridine rings is 1. The summed E-state index contributed by atoms with van der Waals surface area (Å²) in [4.78, 5) is 0. The molecule has 0 aromatic carbocycles. The summed E-state index contributed by atoms with van der Waals surface area (Å²) in [7, 11) is 0. The molecule has 0 N–H and O–H groups in total. The zero-order valence-corrected chi connectivity index (χ0v) is 8.13. The average Bonchev–Trinajstić information content (AvgIpc) is 2.16. The van der Waals surface area contributed by atoms with Gasteiger partial charge in [-0.1, -0.05) is 23.2 Å². The number of aromatic nitrogens is 1. The highest BCUT2D eigenvalue weighted by Gasteiger charge is 2.04. The van der Waals surface area contributed by atoms with E-state index < -0.39 is 0 Å². The van der Waals surface area contributed by atoms with Crippen LogP contribution in [0, 0.1) is 5.21 Å².